The van der Waals surface area contributed by atoms with Crippen LogP contribution in [-0.4, -0.2) is 39.4 Å². The van der Waals surface area contributed by atoms with Gasteiger partial charge in [0.15, 0.2) is 0 Å². The Hall–Kier alpha value is -1.20. The molecule has 0 radical (unpaired) electrons. The highest BCUT2D eigenvalue weighted by Crippen LogP contribution is 2.27. The number of aliphatic hydroxyl groups is 1. The molecule has 104 valence electrons. The lowest BCUT2D eigenvalue weighted by Crippen LogP contribution is -2.43. The molecule has 1 amide bonds. The monoisotopic (exact) mass is 281 g/mol. The predicted octanol–water partition coefficient (Wildman–Crippen LogP) is 1.10. The topological polar surface area (TPSA) is 57.6 Å². The van der Waals surface area contributed by atoms with Crippen LogP contribution in [0.4, 0.5) is 5.69 Å². The number of benzene rings is 1. The first-order valence-electron chi connectivity index (χ1n) is 6.52. The summed E-state index contributed by atoms with van der Waals surface area (Å²) in [5.41, 5.74) is 2.11. The molecule has 2 rings (SSSR count). The number of carbonyl (C=O) groups excluding carboxylic acids is 1. The van der Waals surface area contributed by atoms with Crippen molar-refractivity contribution in [3.05, 3.63) is 29.8 Å². The van der Waals surface area contributed by atoms with Crippen LogP contribution in [0.5, 0.6) is 0 Å². The Bertz CT molecular complexity index is 489. The van der Waals surface area contributed by atoms with Crippen LogP contribution in [0, 0.1) is 0 Å². The largest absolute Gasteiger partial charge is 0.395 e. The number of nitrogens with zero attached hydrogens (tertiary/aromatic N) is 1. The Kier molecular flexibility index (Phi) is 4.71. The van der Waals surface area contributed by atoms with E-state index in [1.165, 1.54) is 5.56 Å². The Labute approximate surface area is 115 Å². The van der Waals surface area contributed by atoms with Crippen molar-refractivity contribution in [2.45, 2.75) is 25.0 Å². The summed E-state index contributed by atoms with van der Waals surface area (Å²) < 4.78 is 11.8. The average molecular weight is 281 g/mol. The maximum Gasteiger partial charge on any atom is 0.242 e. The van der Waals surface area contributed by atoms with Gasteiger partial charge in [-0.15, -0.1) is 0 Å². The molecule has 1 heterocycles. The minimum atomic E-state index is -1.31. The van der Waals surface area contributed by atoms with Gasteiger partial charge < -0.3 is 10.0 Å². The van der Waals surface area contributed by atoms with Gasteiger partial charge in [0.2, 0.25) is 5.91 Å². The first-order chi connectivity index (χ1) is 9.15. The fourth-order valence-corrected chi connectivity index (χ4v) is 3.25. The Morgan fingerprint density at radius 1 is 1.47 bits per heavy atom. The highest BCUT2D eigenvalue weighted by atomic mass is 32.2. The molecular formula is C14H19NO3S. The zero-order valence-electron chi connectivity index (χ0n) is 11.0. The van der Waals surface area contributed by atoms with E-state index in [-0.39, 0.29) is 18.3 Å². The molecule has 0 bridgehead atoms. The number of fused-ring (bicyclic) bond motifs is 1. The van der Waals surface area contributed by atoms with Crippen molar-refractivity contribution in [2.75, 3.05) is 23.8 Å². The van der Waals surface area contributed by atoms with Crippen molar-refractivity contribution in [1.82, 2.24) is 0 Å². The van der Waals surface area contributed by atoms with Crippen LogP contribution < -0.4 is 4.90 Å². The van der Waals surface area contributed by atoms with Gasteiger partial charge >= 0.3 is 0 Å². The number of hydrogen-bond acceptors (Lipinski definition) is 3. The van der Waals surface area contributed by atoms with Crippen LogP contribution >= 0.6 is 0 Å². The first-order valence-corrected chi connectivity index (χ1v) is 7.90. The maximum atomic E-state index is 12.4. The normalized spacial score (nSPS) is 17.7. The molecule has 0 saturated heterocycles. The molecule has 0 aliphatic carbocycles. The zero-order chi connectivity index (χ0) is 13.8. The fraction of sp³-hybridized carbons (Fsp3) is 0.500. The van der Waals surface area contributed by atoms with E-state index < -0.39 is 16.0 Å². The molecule has 1 aliphatic heterocycles. The van der Waals surface area contributed by atoms with Crippen molar-refractivity contribution < 1.29 is 14.1 Å². The average Bonchev–Trinajstić information content (AvgIpc) is 2.45. The number of amides is 1. The number of rotatable bonds is 4. The van der Waals surface area contributed by atoms with Crippen molar-refractivity contribution in [3.8, 4) is 0 Å². The van der Waals surface area contributed by atoms with Crippen LogP contribution in [0.25, 0.3) is 0 Å². The highest BCUT2D eigenvalue weighted by Gasteiger charge is 2.28. The Morgan fingerprint density at radius 2 is 2.21 bits per heavy atom. The van der Waals surface area contributed by atoms with E-state index in [1.807, 2.05) is 24.3 Å². The van der Waals surface area contributed by atoms with Crippen molar-refractivity contribution in [3.63, 3.8) is 0 Å². The lowest BCUT2D eigenvalue weighted by atomic mass is 10.0. The number of para-hydroxylation sites is 1. The Balaban J connectivity index is 2.19. The van der Waals surface area contributed by atoms with Gasteiger partial charge in [-0.05, 0) is 31.4 Å². The van der Waals surface area contributed by atoms with Crippen LogP contribution in [0.1, 0.15) is 18.9 Å². The molecule has 1 aliphatic rings. The summed E-state index contributed by atoms with van der Waals surface area (Å²) in [5.74, 6) is 0.0431. The molecule has 1 aromatic carbocycles. The van der Waals surface area contributed by atoms with Crippen LogP contribution in [0.3, 0.4) is 0 Å². The van der Waals surface area contributed by atoms with E-state index >= 15 is 0 Å². The van der Waals surface area contributed by atoms with Gasteiger partial charge in [0.25, 0.3) is 0 Å². The second kappa shape index (κ2) is 6.30. The number of carbonyl (C=O) groups is 1. The third-order valence-corrected chi connectivity index (χ3v) is 4.99. The summed E-state index contributed by atoms with van der Waals surface area (Å²) in [4.78, 5) is 14.2. The zero-order valence-corrected chi connectivity index (χ0v) is 11.9. The predicted molar refractivity (Wildman–Crippen MR) is 76.7 cm³/mol. The van der Waals surface area contributed by atoms with E-state index in [0.29, 0.717) is 6.54 Å². The third-order valence-electron chi connectivity index (χ3n) is 3.41. The van der Waals surface area contributed by atoms with Crippen molar-refractivity contribution >= 4 is 22.4 Å². The standard InChI is InChI=1S/C14H19NO3S/c1-11(19(18)10-9-16)14(17)15-8-4-6-12-5-2-3-7-13(12)15/h2-3,5,7,11,16H,4,6,8-10H2,1H3. The number of anilines is 1. The van der Waals surface area contributed by atoms with Gasteiger partial charge in [-0.2, -0.15) is 0 Å². The van der Waals surface area contributed by atoms with Gasteiger partial charge in [0, 0.05) is 28.8 Å². The molecule has 2 atom stereocenters. The summed E-state index contributed by atoms with van der Waals surface area (Å²) in [6.07, 6.45) is 1.91. The lowest BCUT2D eigenvalue weighted by Gasteiger charge is -2.31. The van der Waals surface area contributed by atoms with E-state index in [4.69, 9.17) is 5.11 Å². The quantitative estimate of drug-likeness (QED) is 0.899. The van der Waals surface area contributed by atoms with E-state index in [9.17, 15) is 9.00 Å². The summed E-state index contributed by atoms with van der Waals surface area (Å²) in [6, 6.07) is 7.86. The number of aliphatic hydroxyl groups excluding tert-OH is 1. The summed E-state index contributed by atoms with van der Waals surface area (Å²) in [7, 11) is -1.31. The molecular weight excluding hydrogens is 262 g/mol. The van der Waals surface area contributed by atoms with Crippen LogP contribution in [0.2, 0.25) is 0 Å². The summed E-state index contributed by atoms with van der Waals surface area (Å²) in [6.45, 7) is 2.20. The molecule has 4 nitrogen and oxygen atoms in total. The fourth-order valence-electron chi connectivity index (χ4n) is 2.36. The molecule has 0 saturated carbocycles. The van der Waals surface area contributed by atoms with Crippen LogP contribution in [-0.2, 0) is 22.0 Å². The molecule has 2 unspecified atom stereocenters. The van der Waals surface area contributed by atoms with E-state index in [0.717, 1.165) is 18.5 Å². The smallest absolute Gasteiger partial charge is 0.242 e. The van der Waals surface area contributed by atoms with Gasteiger partial charge in [-0.25, -0.2) is 0 Å². The van der Waals surface area contributed by atoms with Gasteiger partial charge in [0.05, 0.1) is 6.61 Å². The molecule has 0 spiro atoms. The first kappa shape index (κ1) is 14.2. The summed E-state index contributed by atoms with van der Waals surface area (Å²) in [5, 5.41) is 8.25. The maximum absolute atomic E-state index is 12.4. The van der Waals surface area contributed by atoms with Crippen molar-refractivity contribution in [2.24, 2.45) is 0 Å². The summed E-state index contributed by atoms with van der Waals surface area (Å²) >= 11 is 0. The van der Waals surface area contributed by atoms with Crippen molar-refractivity contribution in [1.29, 1.82) is 0 Å². The molecule has 19 heavy (non-hydrogen) atoms. The molecule has 5 heteroatoms. The Morgan fingerprint density at radius 3 is 2.95 bits per heavy atom. The second-order valence-electron chi connectivity index (χ2n) is 4.67. The lowest BCUT2D eigenvalue weighted by molar-refractivity contribution is -0.118. The third kappa shape index (κ3) is 3.04. The van der Waals surface area contributed by atoms with Gasteiger partial charge in [-0.1, -0.05) is 18.2 Å². The molecule has 1 aromatic rings. The van der Waals surface area contributed by atoms with Crippen LogP contribution in [0.15, 0.2) is 24.3 Å². The molecule has 1 N–H and O–H groups in total. The second-order valence-corrected chi connectivity index (χ2v) is 6.55. The number of hydrogen-bond donors (Lipinski definition) is 1. The number of aryl methyl sites for hydroxylation is 1. The molecule has 0 fully saturated rings. The van der Waals surface area contributed by atoms with E-state index in [1.54, 1.807) is 11.8 Å². The minimum absolute atomic E-state index is 0.112. The van der Waals surface area contributed by atoms with Gasteiger partial charge in [0.1, 0.15) is 5.25 Å². The highest BCUT2D eigenvalue weighted by molar-refractivity contribution is 7.86. The molecule has 0 aromatic heterocycles. The van der Waals surface area contributed by atoms with E-state index in [2.05, 4.69) is 0 Å². The SMILES string of the molecule is CC(C(=O)N1CCCc2ccccc21)S(=O)CCO. The van der Waals surface area contributed by atoms with Gasteiger partial charge in [-0.3, -0.25) is 9.00 Å². The minimum Gasteiger partial charge on any atom is -0.395 e.